The number of nitrogens with zero attached hydrogens (tertiary/aromatic N) is 3. The van der Waals surface area contributed by atoms with Gasteiger partial charge in [-0.05, 0) is 41.5 Å². The Kier molecular flexibility index (Phi) is 5.10. The molecule has 1 aromatic heterocycles. The number of hydrogen-bond acceptors (Lipinski definition) is 6. The highest BCUT2D eigenvalue weighted by molar-refractivity contribution is 7.93. The van der Waals surface area contributed by atoms with E-state index in [1.807, 2.05) is 0 Å². The fraction of sp³-hybridized carbons (Fsp3) is 0.136. The van der Waals surface area contributed by atoms with Crippen LogP contribution < -0.4 is 4.31 Å². The van der Waals surface area contributed by atoms with Gasteiger partial charge in [0, 0.05) is 5.92 Å². The number of carbonyl (C=O) groups is 1. The van der Waals surface area contributed by atoms with Crippen LogP contribution in [0.15, 0.2) is 71.6 Å². The molecule has 0 bridgehead atoms. The van der Waals surface area contributed by atoms with Crippen molar-refractivity contribution in [2.75, 3.05) is 4.31 Å². The van der Waals surface area contributed by atoms with Crippen LogP contribution in [-0.4, -0.2) is 34.3 Å². The average molecular weight is 505 g/mol. The number of aromatic nitrogens is 2. The summed E-state index contributed by atoms with van der Waals surface area (Å²) < 4.78 is 77.5. The SMILES string of the molecule is O=C(O)C1C(c2ccc3nsnc3c2)c2ccccc2S(=O)(=O)N1c1ccccc1C(F)(F)F. The van der Waals surface area contributed by atoms with E-state index in [2.05, 4.69) is 8.75 Å². The predicted octanol–water partition coefficient (Wildman–Crippen LogP) is 4.50. The van der Waals surface area contributed by atoms with Crippen LogP contribution in [0.3, 0.4) is 0 Å². The number of rotatable bonds is 3. The highest BCUT2D eigenvalue weighted by Gasteiger charge is 2.51. The van der Waals surface area contributed by atoms with Gasteiger partial charge >= 0.3 is 12.1 Å². The third-order valence-corrected chi connectivity index (χ3v) is 8.12. The molecule has 34 heavy (non-hydrogen) atoms. The average Bonchev–Trinajstić information content (AvgIpc) is 3.26. The molecule has 3 aromatic carbocycles. The minimum atomic E-state index is -4.91. The number of carboxylic acid groups (broad SMARTS) is 1. The molecule has 12 heteroatoms. The largest absolute Gasteiger partial charge is 0.480 e. The lowest BCUT2D eigenvalue weighted by atomic mass is 9.84. The van der Waals surface area contributed by atoms with Gasteiger partial charge in [0.05, 0.1) is 27.9 Å². The third kappa shape index (κ3) is 3.41. The van der Waals surface area contributed by atoms with Gasteiger partial charge in [0.25, 0.3) is 10.0 Å². The molecule has 1 N–H and O–H groups in total. The Hall–Kier alpha value is -3.51. The topological polar surface area (TPSA) is 100 Å². The molecule has 1 aliphatic heterocycles. The molecule has 0 aliphatic carbocycles. The van der Waals surface area contributed by atoms with Crippen molar-refractivity contribution < 1.29 is 31.5 Å². The number of sulfonamides is 1. The fourth-order valence-electron chi connectivity index (χ4n) is 4.32. The summed E-state index contributed by atoms with van der Waals surface area (Å²) in [6.07, 6.45) is -4.91. The number of aliphatic carboxylic acids is 1. The molecule has 5 rings (SSSR count). The molecular formula is C22H14F3N3O4S2. The quantitative estimate of drug-likeness (QED) is 0.440. The number of alkyl halides is 3. The first-order valence-corrected chi connectivity index (χ1v) is 12.0. The number of halogens is 3. The summed E-state index contributed by atoms with van der Waals surface area (Å²) in [5.41, 5.74) is -0.389. The highest BCUT2D eigenvalue weighted by Crippen LogP contribution is 2.47. The molecule has 7 nitrogen and oxygen atoms in total. The van der Waals surface area contributed by atoms with Gasteiger partial charge < -0.3 is 5.11 Å². The summed E-state index contributed by atoms with van der Waals surface area (Å²) in [5.74, 6) is -2.69. The molecule has 4 aromatic rings. The van der Waals surface area contributed by atoms with Crippen molar-refractivity contribution in [3.05, 3.63) is 83.4 Å². The van der Waals surface area contributed by atoms with Crippen LogP contribution in [0.1, 0.15) is 22.6 Å². The maximum absolute atomic E-state index is 13.9. The van der Waals surface area contributed by atoms with E-state index in [9.17, 15) is 31.5 Å². The minimum absolute atomic E-state index is 0.179. The Balaban J connectivity index is 1.84. The molecule has 0 radical (unpaired) electrons. The van der Waals surface area contributed by atoms with Crippen LogP contribution in [0, 0.1) is 0 Å². The Morgan fingerprint density at radius 2 is 1.65 bits per heavy atom. The second-order valence-electron chi connectivity index (χ2n) is 7.63. The maximum atomic E-state index is 13.9. The molecule has 174 valence electrons. The lowest BCUT2D eigenvalue weighted by Gasteiger charge is -2.41. The van der Waals surface area contributed by atoms with E-state index in [0.717, 1.165) is 29.9 Å². The highest BCUT2D eigenvalue weighted by atomic mass is 32.2. The number of benzene rings is 3. The Morgan fingerprint density at radius 3 is 2.38 bits per heavy atom. The predicted molar refractivity (Wildman–Crippen MR) is 118 cm³/mol. The number of para-hydroxylation sites is 1. The van der Waals surface area contributed by atoms with Gasteiger partial charge in [0.15, 0.2) is 6.04 Å². The van der Waals surface area contributed by atoms with Crippen LogP contribution in [0.5, 0.6) is 0 Å². The maximum Gasteiger partial charge on any atom is 0.418 e. The normalized spacial score (nSPS) is 19.7. The van der Waals surface area contributed by atoms with E-state index in [-0.39, 0.29) is 10.5 Å². The Morgan fingerprint density at radius 1 is 0.971 bits per heavy atom. The number of anilines is 1. The van der Waals surface area contributed by atoms with Crippen LogP contribution >= 0.6 is 11.7 Å². The first-order valence-electron chi connectivity index (χ1n) is 9.85. The number of carboxylic acids is 1. The van der Waals surface area contributed by atoms with Crippen molar-refractivity contribution in [1.82, 2.24) is 8.75 Å². The zero-order chi connectivity index (χ0) is 24.3. The number of hydrogen-bond donors (Lipinski definition) is 1. The fourth-order valence-corrected chi connectivity index (χ4v) is 6.72. The van der Waals surface area contributed by atoms with E-state index in [1.54, 1.807) is 24.3 Å². The van der Waals surface area contributed by atoms with Crippen LogP contribution in [0.2, 0.25) is 0 Å². The van der Waals surface area contributed by atoms with Gasteiger partial charge in [-0.15, -0.1) is 0 Å². The van der Waals surface area contributed by atoms with E-state index in [4.69, 9.17) is 0 Å². The summed E-state index contributed by atoms with van der Waals surface area (Å²) >= 11 is 0.955. The second-order valence-corrected chi connectivity index (χ2v) is 9.94. The van der Waals surface area contributed by atoms with E-state index in [1.165, 1.54) is 24.3 Å². The third-order valence-electron chi connectivity index (χ3n) is 5.70. The first kappa shape index (κ1) is 22.3. The van der Waals surface area contributed by atoms with E-state index >= 15 is 0 Å². The lowest BCUT2D eigenvalue weighted by Crippen LogP contribution is -2.53. The van der Waals surface area contributed by atoms with Crippen molar-refractivity contribution in [2.45, 2.75) is 23.0 Å². The molecule has 0 spiro atoms. The molecule has 0 amide bonds. The van der Waals surface area contributed by atoms with E-state index in [0.29, 0.717) is 20.9 Å². The summed E-state index contributed by atoms with van der Waals surface area (Å²) in [4.78, 5) is 12.3. The Bertz CT molecular complexity index is 1540. The summed E-state index contributed by atoms with van der Waals surface area (Å²) in [7, 11) is -4.66. The van der Waals surface area contributed by atoms with Gasteiger partial charge in [-0.25, -0.2) is 13.2 Å². The summed E-state index contributed by atoms with van der Waals surface area (Å²) in [6, 6.07) is 12.7. The van der Waals surface area contributed by atoms with Crippen LogP contribution in [0.25, 0.3) is 11.0 Å². The lowest BCUT2D eigenvalue weighted by molar-refractivity contribution is -0.140. The van der Waals surface area contributed by atoms with Crippen molar-refractivity contribution in [1.29, 1.82) is 0 Å². The van der Waals surface area contributed by atoms with Crippen LogP contribution in [0.4, 0.5) is 18.9 Å². The van der Waals surface area contributed by atoms with Crippen molar-refractivity contribution in [2.24, 2.45) is 0 Å². The van der Waals surface area contributed by atoms with Gasteiger partial charge in [-0.3, -0.25) is 4.31 Å². The molecule has 1 aliphatic rings. The Labute approximate surface area is 195 Å². The molecular weight excluding hydrogens is 491 g/mol. The van der Waals surface area contributed by atoms with Crippen molar-refractivity contribution in [3.8, 4) is 0 Å². The molecule has 2 unspecified atom stereocenters. The van der Waals surface area contributed by atoms with Crippen molar-refractivity contribution >= 4 is 44.4 Å². The molecule has 0 saturated carbocycles. The van der Waals surface area contributed by atoms with Gasteiger partial charge in [0.2, 0.25) is 0 Å². The molecule has 2 atom stereocenters. The van der Waals surface area contributed by atoms with E-state index < -0.39 is 45.4 Å². The first-order chi connectivity index (χ1) is 16.1. The molecule has 0 fully saturated rings. The minimum Gasteiger partial charge on any atom is -0.480 e. The van der Waals surface area contributed by atoms with Gasteiger partial charge in [0.1, 0.15) is 11.0 Å². The number of fused-ring (bicyclic) bond motifs is 2. The van der Waals surface area contributed by atoms with Gasteiger partial charge in [-0.2, -0.15) is 21.9 Å². The summed E-state index contributed by atoms with van der Waals surface area (Å²) in [5, 5.41) is 10.2. The molecule has 2 heterocycles. The zero-order valence-corrected chi connectivity index (χ0v) is 18.6. The second kappa shape index (κ2) is 7.77. The van der Waals surface area contributed by atoms with Gasteiger partial charge in [-0.1, -0.05) is 36.4 Å². The molecule has 0 saturated heterocycles. The zero-order valence-electron chi connectivity index (χ0n) is 17.0. The monoisotopic (exact) mass is 505 g/mol. The van der Waals surface area contributed by atoms with Crippen LogP contribution in [-0.2, 0) is 21.0 Å². The standard InChI is InChI=1S/C22H14F3N3O4S2/c23-22(24,25)14-6-2-3-7-17(14)28-20(21(29)30)19(12-9-10-15-16(11-12)27-33-26-15)13-5-1-4-8-18(13)34(28,31)32/h1-11,19-20H,(H,29,30). The van der Waals surface area contributed by atoms with Crippen molar-refractivity contribution in [3.63, 3.8) is 0 Å². The summed E-state index contributed by atoms with van der Waals surface area (Å²) in [6.45, 7) is 0. The smallest absolute Gasteiger partial charge is 0.418 e.